The van der Waals surface area contributed by atoms with Gasteiger partial charge < -0.3 is 20.9 Å². The number of rotatable bonds is 5. The number of nitrogens with one attached hydrogen (secondary N) is 1. The van der Waals surface area contributed by atoms with E-state index in [9.17, 15) is 4.79 Å². The maximum atomic E-state index is 12.5. The van der Waals surface area contributed by atoms with E-state index in [4.69, 9.17) is 5.73 Å². The van der Waals surface area contributed by atoms with Crippen LogP contribution in [0.15, 0.2) is 41.7 Å². The van der Waals surface area contributed by atoms with E-state index in [0.717, 1.165) is 37.6 Å². The van der Waals surface area contributed by atoms with Gasteiger partial charge in [-0.15, -0.1) is 0 Å². The molecule has 0 atom stereocenters. The fraction of sp³-hybridized carbons (Fsp3) is 0.429. The predicted molar refractivity (Wildman–Crippen MR) is 114 cm³/mol. The molecular formula is C21H27N7O. The second kappa shape index (κ2) is 8.89. The van der Waals surface area contributed by atoms with E-state index < -0.39 is 0 Å². The molecule has 2 aromatic rings. The zero-order valence-electron chi connectivity index (χ0n) is 16.5. The Morgan fingerprint density at radius 2 is 1.86 bits per heavy atom. The van der Waals surface area contributed by atoms with Gasteiger partial charge in [0.25, 0.3) is 0 Å². The van der Waals surface area contributed by atoms with Gasteiger partial charge in [-0.05, 0) is 48.6 Å². The maximum Gasteiger partial charge on any atom is 0.225 e. The molecule has 1 aliphatic heterocycles. The summed E-state index contributed by atoms with van der Waals surface area (Å²) in [6, 6.07) is 8.13. The molecule has 1 aliphatic carbocycles. The summed E-state index contributed by atoms with van der Waals surface area (Å²) in [5.41, 5.74) is 9.76. The molecular weight excluding hydrogens is 366 g/mol. The summed E-state index contributed by atoms with van der Waals surface area (Å²) in [4.78, 5) is 29.3. The quantitative estimate of drug-likeness (QED) is 0.589. The molecule has 152 valence electrons. The van der Waals surface area contributed by atoms with Crippen molar-refractivity contribution in [1.29, 1.82) is 0 Å². The Morgan fingerprint density at radius 3 is 2.66 bits per heavy atom. The Balaban J connectivity index is 1.21. The van der Waals surface area contributed by atoms with Gasteiger partial charge in [0.2, 0.25) is 11.9 Å². The van der Waals surface area contributed by atoms with Gasteiger partial charge in [0.05, 0.1) is 6.54 Å². The van der Waals surface area contributed by atoms with Crippen LogP contribution in [0.2, 0.25) is 0 Å². The summed E-state index contributed by atoms with van der Waals surface area (Å²) in [5.74, 6) is 1.17. The number of benzene rings is 1. The predicted octanol–water partition coefficient (Wildman–Crippen LogP) is 1.43. The number of nitrogens with two attached hydrogens (primary N) is 1. The van der Waals surface area contributed by atoms with E-state index in [1.807, 2.05) is 11.0 Å². The molecule has 2 heterocycles. The number of amides is 1. The average Bonchev–Trinajstić information content (AvgIpc) is 3.22. The molecule has 1 aromatic carbocycles. The fourth-order valence-corrected chi connectivity index (χ4v) is 3.88. The highest BCUT2D eigenvalue weighted by Gasteiger charge is 2.22. The van der Waals surface area contributed by atoms with Crippen LogP contribution in [0.3, 0.4) is 0 Å². The van der Waals surface area contributed by atoms with Crippen LogP contribution in [0, 0.1) is 0 Å². The van der Waals surface area contributed by atoms with Crippen molar-refractivity contribution < 1.29 is 4.79 Å². The van der Waals surface area contributed by atoms with Crippen molar-refractivity contribution in [3.05, 3.63) is 47.8 Å². The van der Waals surface area contributed by atoms with Crippen LogP contribution in [-0.2, 0) is 17.6 Å². The van der Waals surface area contributed by atoms with Crippen LogP contribution in [0.25, 0.3) is 0 Å². The number of piperazine rings is 1. The highest BCUT2D eigenvalue weighted by Crippen LogP contribution is 2.24. The number of aromatic nitrogens is 2. The van der Waals surface area contributed by atoms with Crippen molar-refractivity contribution in [3.8, 4) is 0 Å². The molecule has 1 saturated heterocycles. The normalized spacial score (nSPS) is 16.6. The first-order chi connectivity index (χ1) is 14.2. The number of hydrogen-bond acceptors (Lipinski definition) is 5. The van der Waals surface area contributed by atoms with Gasteiger partial charge in [0.1, 0.15) is 0 Å². The number of anilines is 2. The molecule has 1 aromatic heterocycles. The molecule has 3 N–H and O–H groups in total. The van der Waals surface area contributed by atoms with Gasteiger partial charge in [-0.25, -0.2) is 9.97 Å². The Bertz CT molecular complexity index is 876. The minimum absolute atomic E-state index is 0.104. The molecule has 8 nitrogen and oxygen atoms in total. The first kappa shape index (κ1) is 19.2. The van der Waals surface area contributed by atoms with E-state index in [0.29, 0.717) is 32.0 Å². The third kappa shape index (κ3) is 4.82. The van der Waals surface area contributed by atoms with E-state index in [1.54, 1.807) is 18.5 Å². The van der Waals surface area contributed by atoms with Crippen LogP contribution in [0.5, 0.6) is 0 Å². The monoisotopic (exact) mass is 393 g/mol. The summed E-state index contributed by atoms with van der Waals surface area (Å²) in [7, 11) is 0. The number of carbonyl (C=O) groups excluding carboxylic acids is 1. The van der Waals surface area contributed by atoms with Gasteiger partial charge in [-0.3, -0.25) is 9.79 Å². The van der Waals surface area contributed by atoms with Crippen LogP contribution in [0.1, 0.15) is 24.0 Å². The van der Waals surface area contributed by atoms with Crippen molar-refractivity contribution in [2.45, 2.75) is 25.7 Å². The molecule has 2 aliphatic rings. The summed E-state index contributed by atoms with van der Waals surface area (Å²) < 4.78 is 0. The third-order valence-electron chi connectivity index (χ3n) is 5.45. The van der Waals surface area contributed by atoms with E-state index in [2.05, 4.69) is 37.3 Å². The van der Waals surface area contributed by atoms with Crippen molar-refractivity contribution in [2.75, 3.05) is 42.9 Å². The molecule has 0 spiro atoms. The van der Waals surface area contributed by atoms with Gasteiger partial charge in [-0.1, -0.05) is 6.07 Å². The first-order valence-electron chi connectivity index (χ1n) is 10.2. The molecule has 0 bridgehead atoms. The van der Waals surface area contributed by atoms with Crippen molar-refractivity contribution in [3.63, 3.8) is 0 Å². The lowest BCUT2D eigenvalue weighted by atomic mass is 10.1. The zero-order valence-corrected chi connectivity index (χ0v) is 16.5. The molecule has 1 amide bonds. The second-order valence-corrected chi connectivity index (χ2v) is 7.40. The number of hydrogen-bond donors (Lipinski definition) is 2. The molecule has 8 heteroatoms. The van der Waals surface area contributed by atoms with Crippen molar-refractivity contribution in [2.24, 2.45) is 10.7 Å². The Kier molecular flexibility index (Phi) is 5.88. The standard InChI is InChI=1S/C21H27N7O/c22-20(26-18-6-5-16-3-1-4-17(16)15-18)23-10-7-19(29)27-11-13-28(14-12-27)21-24-8-2-9-25-21/h2,5-6,8-9,15H,1,3-4,7,10-14H2,(H3,22,23,26). The molecule has 0 radical (unpaired) electrons. The summed E-state index contributed by atoms with van der Waals surface area (Å²) in [6.07, 6.45) is 7.33. The lowest BCUT2D eigenvalue weighted by Gasteiger charge is -2.34. The smallest absolute Gasteiger partial charge is 0.225 e. The lowest BCUT2D eigenvalue weighted by molar-refractivity contribution is -0.131. The lowest BCUT2D eigenvalue weighted by Crippen LogP contribution is -2.49. The molecule has 29 heavy (non-hydrogen) atoms. The minimum Gasteiger partial charge on any atom is -0.370 e. The minimum atomic E-state index is 0.104. The van der Waals surface area contributed by atoms with Crippen molar-refractivity contribution >= 4 is 23.5 Å². The first-order valence-corrected chi connectivity index (χ1v) is 10.2. The number of nitrogens with zero attached hydrogens (tertiary/aromatic N) is 5. The zero-order chi connectivity index (χ0) is 20.1. The molecule has 4 rings (SSSR count). The summed E-state index contributed by atoms with van der Waals surface area (Å²) in [5, 5.41) is 3.13. The summed E-state index contributed by atoms with van der Waals surface area (Å²) >= 11 is 0. The fourth-order valence-electron chi connectivity index (χ4n) is 3.88. The molecule has 1 fully saturated rings. The van der Waals surface area contributed by atoms with Crippen LogP contribution in [0.4, 0.5) is 11.6 Å². The van der Waals surface area contributed by atoms with Gasteiger partial charge in [0.15, 0.2) is 5.96 Å². The topological polar surface area (TPSA) is 99.7 Å². The number of aliphatic imine (C=N–C) groups is 1. The van der Waals surface area contributed by atoms with Gasteiger partial charge in [-0.2, -0.15) is 0 Å². The Morgan fingerprint density at radius 1 is 1.10 bits per heavy atom. The van der Waals surface area contributed by atoms with E-state index in [-0.39, 0.29) is 5.91 Å². The van der Waals surface area contributed by atoms with Gasteiger partial charge >= 0.3 is 0 Å². The van der Waals surface area contributed by atoms with Crippen LogP contribution in [-0.4, -0.2) is 59.5 Å². The summed E-state index contributed by atoms with van der Waals surface area (Å²) in [6.45, 7) is 3.19. The highest BCUT2D eigenvalue weighted by atomic mass is 16.2. The Hall–Kier alpha value is -3.16. The number of aryl methyl sites for hydroxylation is 2. The van der Waals surface area contributed by atoms with E-state index >= 15 is 0 Å². The molecule has 0 saturated carbocycles. The van der Waals surface area contributed by atoms with Crippen LogP contribution < -0.4 is 16.0 Å². The second-order valence-electron chi connectivity index (χ2n) is 7.40. The van der Waals surface area contributed by atoms with E-state index in [1.165, 1.54) is 17.5 Å². The third-order valence-corrected chi connectivity index (χ3v) is 5.45. The number of guanidine groups is 1. The van der Waals surface area contributed by atoms with Crippen LogP contribution >= 0.6 is 0 Å². The average molecular weight is 393 g/mol. The van der Waals surface area contributed by atoms with Gasteiger partial charge in [0, 0.05) is 50.7 Å². The largest absolute Gasteiger partial charge is 0.370 e. The highest BCUT2D eigenvalue weighted by molar-refractivity contribution is 5.92. The Labute approximate surface area is 170 Å². The number of carbonyl (C=O) groups is 1. The van der Waals surface area contributed by atoms with Crippen molar-refractivity contribution in [1.82, 2.24) is 14.9 Å². The SMILES string of the molecule is NC(=NCCC(=O)N1CCN(c2ncccn2)CC1)Nc1ccc2c(c1)CCC2. The maximum absolute atomic E-state index is 12.5. The molecule has 0 unspecified atom stereocenters. The number of fused-ring (bicyclic) bond motifs is 1.